The molecule has 0 radical (unpaired) electrons. The lowest BCUT2D eigenvalue weighted by atomic mass is 10.2. The third-order valence-corrected chi connectivity index (χ3v) is 2.49. The van der Waals surface area contributed by atoms with E-state index in [2.05, 4.69) is 10.1 Å². The second-order valence-electron chi connectivity index (χ2n) is 3.65. The fourth-order valence-electron chi connectivity index (χ4n) is 1.63. The van der Waals surface area contributed by atoms with Gasteiger partial charge in [-0.25, -0.2) is 4.98 Å². The summed E-state index contributed by atoms with van der Waals surface area (Å²) in [5.74, 6) is -0.168. The van der Waals surface area contributed by atoms with Crippen LogP contribution in [0.3, 0.4) is 0 Å². The number of aromatic nitrogens is 2. The Kier molecular flexibility index (Phi) is 3.25. The van der Waals surface area contributed by atoms with Crippen molar-refractivity contribution in [3.05, 3.63) is 53.6 Å². The molecule has 0 spiro atoms. The van der Waals surface area contributed by atoms with Gasteiger partial charge in [-0.15, -0.1) is 0 Å². The van der Waals surface area contributed by atoms with Crippen molar-refractivity contribution < 1.29 is 5.21 Å². The average Bonchev–Trinajstić information content (AvgIpc) is 2.81. The van der Waals surface area contributed by atoms with Crippen molar-refractivity contribution in [2.45, 2.75) is 6.54 Å². The molecule has 2 rings (SSSR count). The first-order valence-corrected chi connectivity index (χ1v) is 5.23. The van der Waals surface area contributed by atoms with Gasteiger partial charge in [0, 0.05) is 6.54 Å². The van der Waals surface area contributed by atoms with E-state index in [4.69, 9.17) is 16.2 Å². The number of amidine groups is 1. The highest BCUT2D eigenvalue weighted by atomic mass is 16.4. The Morgan fingerprint density at radius 3 is 2.78 bits per heavy atom. The highest BCUT2D eigenvalue weighted by Crippen LogP contribution is 2.09. The maximum absolute atomic E-state index is 9.11. The molecule has 0 aliphatic heterocycles. The lowest BCUT2D eigenvalue weighted by Gasteiger charge is -2.04. The summed E-state index contributed by atoms with van der Waals surface area (Å²) < 4.78 is 1.66. The largest absolute Gasteiger partial charge is 0.409 e. The first-order valence-electron chi connectivity index (χ1n) is 5.23. The molecule has 0 atom stereocenters. The molecule has 0 unspecified atom stereocenters. The summed E-state index contributed by atoms with van der Waals surface area (Å²) in [7, 11) is 0. The predicted octanol–water partition coefficient (Wildman–Crippen LogP) is 0.898. The minimum atomic E-state index is -0.168. The fraction of sp³-hybridized carbons (Fsp3) is 0.0833. The first kappa shape index (κ1) is 11.7. The molecule has 3 N–H and O–H groups in total. The zero-order valence-corrected chi connectivity index (χ0v) is 9.48. The minimum absolute atomic E-state index is 0.168. The molecule has 0 aliphatic rings. The molecule has 0 bridgehead atoms. The average molecular weight is 241 g/mol. The summed E-state index contributed by atoms with van der Waals surface area (Å²) in [4.78, 5) is 3.98. The quantitative estimate of drug-likeness (QED) is 0.361. The molecule has 0 saturated heterocycles. The van der Waals surface area contributed by atoms with Gasteiger partial charge in [0.05, 0.1) is 6.33 Å². The van der Waals surface area contributed by atoms with Crippen molar-refractivity contribution in [2.24, 2.45) is 10.9 Å². The van der Waals surface area contributed by atoms with Gasteiger partial charge in [0.25, 0.3) is 0 Å². The number of benzene rings is 1. The van der Waals surface area contributed by atoms with Gasteiger partial charge in [-0.3, -0.25) is 0 Å². The summed E-state index contributed by atoms with van der Waals surface area (Å²) in [5.41, 5.74) is 6.95. The van der Waals surface area contributed by atoms with Gasteiger partial charge in [0.1, 0.15) is 11.8 Å². The number of oxime groups is 1. The van der Waals surface area contributed by atoms with Crippen LogP contribution in [0.25, 0.3) is 0 Å². The molecular formula is C12H11N5O. The third-order valence-electron chi connectivity index (χ3n) is 2.49. The predicted molar refractivity (Wildman–Crippen MR) is 65.0 cm³/mol. The van der Waals surface area contributed by atoms with E-state index in [1.54, 1.807) is 4.57 Å². The van der Waals surface area contributed by atoms with Gasteiger partial charge in [-0.2, -0.15) is 5.26 Å². The zero-order chi connectivity index (χ0) is 13.0. The number of hydrogen-bond acceptors (Lipinski definition) is 4. The second kappa shape index (κ2) is 5.01. The summed E-state index contributed by atoms with van der Waals surface area (Å²) in [6, 6.07) is 11.7. The second-order valence-corrected chi connectivity index (χ2v) is 3.65. The Hall–Kier alpha value is -2.81. The van der Waals surface area contributed by atoms with Crippen molar-refractivity contribution in [2.75, 3.05) is 0 Å². The van der Waals surface area contributed by atoms with Crippen molar-refractivity contribution in [1.29, 1.82) is 5.26 Å². The van der Waals surface area contributed by atoms with Gasteiger partial charge in [-0.1, -0.05) is 35.5 Å². The van der Waals surface area contributed by atoms with E-state index in [0.717, 1.165) is 5.56 Å². The van der Waals surface area contributed by atoms with Crippen LogP contribution in [0.4, 0.5) is 0 Å². The molecule has 2 aromatic rings. The maximum atomic E-state index is 9.11. The summed E-state index contributed by atoms with van der Waals surface area (Å²) in [6.45, 7) is 0.509. The Labute approximate surface area is 104 Å². The Morgan fingerprint density at radius 1 is 1.44 bits per heavy atom. The molecule has 0 aliphatic carbocycles. The SMILES string of the molecule is N#Cc1c(/C(N)=N/O)ncn1Cc1ccccc1. The standard InChI is InChI=1S/C12H11N5O/c13-6-10-11(12(14)16-18)15-8-17(10)7-9-4-2-1-3-5-9/h1-5,8,18H,7H2,(H2,14,16). The topological polar surface area (TPSA) is 100 Å². The molecule has 1 aromatic heterocycles. The molecule has 1 aromatic carbocycles. The summed E-state index contributed by atoms with van der Waals surface area (Å²) in [5, 5.41) is 20.6. The number of hydrogen-bond donors (Lipinski definition) is 2. The number of rotatable bonds is 3. The van der Waals surface area contributed by atoms with Crippen molar-refractivity contribution in [1.82, 2.24) is 9.55 Å². The van der Waals surface area contributed by atoms with Crippen LogP contribution < -0.4 is 5.73 Å². The maximum Gasteiger partial charge on any atom is 0.191 e. The van der Waals surface area contributed by atoms with E-state index in [1.165, 1.54) is 6.33 Å². The minimum Gasteiger partial charge on any atom is -0.409 e. The van der Waals surface area contributed by atoms with Gasteiger partial charge < -0.3 is 15.5 Å². The summed E-state index contributed by atoms with van der Waals surface area (Å²) >= 11 is 0. The highest BCUT2D eigenvalue weighted by molar-refractivity contribution is 5.97. The van der Waals surface area contributed by atoms with Crippen molar-refractivity contribution in [3.63, 3.8) is 0 Å². The fourth-order valence-corrected chi connectivity index (χ4v) is 1.63. The van der Waals surface area contributed by atoms with Gasteiger partial charge in [-0.05, 0) is 5.56 Å². The van der Waals surface area contributed by atoms with Crippen LogP contribution >= 0.6 is 0 Å². The van der Waals surface area contributed by atoms with E-state index in [9.17, 15) is 0 Å². The number of nitrogens with two attached hydrogens (primary N) is 1. The van der Waals surface area contributed by atoms with E-state index in [0.29, 0.717) is 6.54 Å². The molecule has 90 valence electrons. The smallest absolute Gasteiger partial charge is 0.191 e. The van der Waals surface area contributed by atoms with Gasteiger partial charge >= 0.3 is 0 Å². The molecule has 0 amide bonds. The van der Waals surface area contributed by atoms with Crippen LogP contribution in [-0.4, -0.2) is 20.6 Å². The molecule has 6 nitrogen and oxygen atoms in total. The number of nitriles is 1. The van der Waals surface area contributed by atoms with E-state index < -0.39 is 0 Å². The Bertz CT molecular complexity index is 609. The Balaban J connectivity index is 2.36. The van der Waals surface area contributed by atoms with Crippen molar-refractivity contribution in [3.8, 4) is 6.07 Å². The summed E-state index contributed by atoms with van der Waals surface area (Å²) in [6.07, 6.45) is 1.50. The molecular weight excluding hydrogens is 230 g/mol. The van der Waals surface area contributed by atoms with Crippen LogP contribution in [0.1, 0.15) is 17.0 Å². The van der Waals surface area contributed by atoms with Crippen LogP contribution in [0.2, 0.25) is 0 Å². The monoisotopic (exact) mass is 241 g/mol. The highest BCUT2D eigenvalue weighted by Gasteiger charge is 2.14. The van der Waals surface area contributed by atoms with Crippen LogP contribution in [0.15, 0.2) is 41.8 Å². The van der Waals surface area contributed by atoms with E-state index in [1.807, 2.05) is 36.4 Å². The zero-order valence-electron chi connectivity index (χ0n) is 9.48. The van der Waals surface area contributed by atoms with E-state index in [-0.39, 0.29) is 17.2 Å². The molecule has 6 heteroatoms. The van der Waals surface area contributed by atoms with E-state index >= 15 is 0 Å². The molecule has 1 heterocycles. The Morgan fingerprint density at radius 2 is 2.17 bits per heavy atom. The molecule has 18 heavy (non-hydrogen) atoms. The van der Waals surface area contributed by atoms with Crippen molar-refractivity contribution >= 4 is 5.84 Å². The van der Waals surface area contributed by atoms with Crippen LogP contribution in [-0.2, 0) is 6.54 Å². The van der Waals surface area contributed by atoms with Crippen LogP contribution in [0, 0.1) is 11.3 Å². The third kappa shape index (κ3) is 2.15. The molecule has 0 fully saturated rings. The van der Waals surface area contributed by atoms with Gasteiger partial charge in [0.15, 0.2) is 11.5 Å². The van der Waals surface area contributed by atoms with Gasteiger partial charge in [0.2, 0.25) is 0 Å². The number of nitrogens with zero attached hydrogens (tertiary/aromatic N) is 4. The lowest BCUT2D eigenvalue weighted by Crippen LogP contribution is -2.16. The first-order chi connectivity index (χ1) is 8.76. The normalized spacial score (nSPS) is 11.2. The lowest BCUT2D eigenvalue weighted by molar-refractivity contribution is 0.318. The molecule has 0 saturated carbocycles. The van der Waals surface area contributed by atoms with Crippen LogP contribution in [0.5, 0.6) is 0 Å². The number of imidazole rings is 1.